The zero-order valence-corrected chi connectivity index (χ0v) is 27.4. The highest BCUT2D eigenvalue weighted by molar-refractivity contribution is 7.89. The summed E-state index contributed by atoms with van der Waals surface area (Å²) in [5.74, 6) is -3.85. The summed E-state index contributed by atoms with van der Waals surface area (Å²) in [6.45, 7) is 0.423. The van der Waals surface area contributed by atoms with Crippen molar-refractivity contribution in [2.45, 2.75) is 55.2 Å². The second kappa shape index (κ2) is 14.3. The number of aliphatic hydroxyl groups excluding tert-OH is 1. The van der Waals surface area contributed by atoms with Gasteiger partial charge in [-0.2, -0.15) is 4.31 Å². The molecule has 11 heteroatoms. The second-order valence-electron chi connectivity index (χ2n) is 12.1. The number of aliphatic hydroxyl groups is 1. The lowest BCUT2D eigenvalue weighted by molar-refractivity contribution is -0.118. The van der Waals surface area contributed by atoms with E-state index in [1.54, 1.807) is 30.7 Å². The molecular formula is C36H37F2N2O5S2. The number of fused-ring (bicyclic) bond motifs is 1. The summed E-state index contributed by atoms with van der Waals surface area (Å²) in [5.41, 5.74) is 3.76. The summed E-state index contributed by atoms with van der Waals surface area (Å²) >= 11 is 1.27. The topological polar surface area (TPSA) is 95.9 Å². The number of hydrogen-bond acceptors (Lipinski definition) is 6. The summed E-state index contributed by atoms with van der Waals surface area (Å²) < 4.78 is 62.5. The molecule has 247 valence electrons. The first-order valence-corrected chi connectivity index (χ1v) is 17.9. The van der Waals surface area contributed by atoms with Gasteiger partial charge in [0.05, 0.1) is 43.7 Å². The standard InChI is InChI=1S/C36H37F2N2O5S2/c37-36(38)19-25(20-36)22-40(47(43,44)31-13-11-29-24-45-16-15-28(29)17-31)33(23-41)34-14-12-30(46-34)21-39-35(42)18-32(26-7-3-1-4-8-26)27-9-5-2-6-10-27/h1-14,17-18,25,32-33,41H,15-16,19-24H2,(H,39,42)/t33-/m1/s1. The monoisotopic (exact) mass is 679 g/mol. The minimum Gasteiger partial charge on any atom is -0.394 e. The molecule has 0 unspecified atom stereocenters. The molecule has 1 atom stereocenters. The van der Waals surface area contributed by atoms with Gasteiger partial charge in [0.2, 0.25) is 21.9 Å². The van der Waals surface area contributed by atoms with E-state index < -0.39 is 47.4 Å². The van der Waals surface area contributed by atoms with Gasteiger partial charge in [-0.25, -0.2) is 17.2 Å². The molecule has 0 bridgehead atoms. The van der Waals surface area contributed by atoms with Crippen LogP contribution in [0.5, 0.6) is 0 Å². The quantitative estimate of drug-likeness (QED) is 0.175. The van der Waals surface area contributed by atoms with Crippen molar-refractivity contribution in [2.24, 2.45) is 5.92 Å². The Labute approximate surface area is 278 Å². The van der Waals surface area contributed by atoms with Crippen molar-refractivity contribution in [3.05, 3.63) is 129 Å². The Balaban J connectivity index is 1.19. The van der Waals surface area contributed by atoms with Crippen LogP contribution >= 0.6 is 11.3 Å². The van der Waals surface area contributed by atoms with Gasteiger partial charge in [-0.1, -0.05) is 66.7 Å². The minimum absolute atomic E-state index is 0.0636. The Morgan fingerprint density at radius 1 is 1.00 bits per heavy atom. The molecule has 1 amide bonds. The van der Waals surface area contributed by atoms with E-state index in [1.165, 1.54) is 21.7 Å². The Kier molecular flexibility index (Phi) is 10.2. The van der Waals surface area contributed by atoms with Gasteiger partial charge in [-0.15, -0.1) is 11.3 Å². The number of ether oxygens (including phenoxy) is 1. The summed E-state index contributed by atoms with van der Waals surface area (Å²) in [4.78, 5) is 14.5. The summed E-state index contributed by atoms with van der Waals surface area (Å²) in [7, 11) is -4.17. The minimum atomic E-state index is -4.17. The number of carbonyl (C=O) groups is 1. The predicted molar refractivity (Wildman–Crippen MR) is 176 cm³/mol. The number of hydrogen-bond donors (Lipinski definition) is 2. The molecule has 0 saturated heterocycles. The molecule has 1 aliphatic heterocycles. The van der Waals surface area contributed by atoms with Crippen LogP contribution in [0.15, 0.2) is 95.9 Å². The van der Waals surface area contributed by atoms with Crippen molar-refractivity contribution in [3.63, 3.8) is 0 Å². The van der Waals surface area contributed by atoms with Crippen LogP contribution in [0.3, 0.4) is 0 Å². The third-order valence-electron chi connectivity index (χ3n) is 8.77. The number of thiophene rings is 1. The number of nitrogens with zero attached hydrogens (tertiary/aromatic N) is 1. The van der Waals surface area contributed by atoms with Gasteiger partial charge in [-0.3, -0.25) is 4.79 Å². The Hall–Kier alpha value is -3.48. The fraction of sp³-hybridized carbons (Fsp3) is 0.333. The third-order valence-corrected chi connectivity index (χ3v) is 11.8. The molecule has 6 rings (SSSR count). The zero-order chi connectivity index (χ0) is 33.0. The van der Waals surface area contributed by atoms with Crippen molar-refractivity contribution in [2.75, 3.05) is 19.8 Å². The third kappa shape index (κ3) is 7.81. The number of alkyl halides is 2. The number of rotatable bonds is 13. The molecule has 4 aromatic rings. The second-order valence-corrected chi connectivity index (χ2v) is 15.2. The smallest absolute Gasteiger partial charge is 0.248 e. The first kappa shape index (κ1) is 33.4. The van der Waals surface area contributed by atoms with Crippen molar-refractivity contribution < 1.29 is 31.8 Å². The van der Waals surface area contributed by atoms with Gasteiger partial charge in [0.15, 0.2) is 0 Å². The maximum Gasteiger partial charge on any atom is 0.248 e. The summed E-state index contributed by atoms with van der Waals surface area (Å²) in [6.07, 6.45) is 1.42. The average molecular weight is 680 g/mol. The van der Waals surface area contributed by atoms with Crippen LogP contribution in [0.1, 0.15) is 56.8 Å². The van der Waals surface area contributed by atoms with Gasteiger partial charge in [0, 0.05) is 35.1 Å². The van der Waals surface area contributed by atoms with Gasteiger partial charge in [0.25, 0.3) is 0 Å². The van der Waals surface area contributed by atoms with Gasteiger partial charge in [0.1, 0.15) is 0 Å². The van der Waals surface area contributed by atoms with Crippen LogP contribution in [0.4, 0.5) is 8.78 Å². The van der Waals surface area contributed by atoms with E-state index in [0.29, 0.717) is 24.5 Å². The SMILES string of the molecule is O=C([CH]C(c1ccccc1)c1ccccc1)NCc1ccc([C@@H](CO)N(CC2CC(F)(F)C2)S(=O)(=O)c2ccc3c(c2)CCOC3)s1. The first-order chi connectivity index (χ1) is 22.6. The van der Waals surface area contributed by atoms with Gasteiger partial charge < -0.3 is 15.2 Å². The highest BCUT2D eigenvalue weighted by Crippen LogP contribution is 2.45. The fourth-order valence-corrected chi connectivity index (χ4v) is 9.13. The Bertz CT molecular complexity index is 1740. The van der Waals surface area contributed by atoms with E-state index in [4.69, 9.17) is 4.74 Å². The predicted octanol–water partition coefficient (Wildman–Crippen LogP) is 6.24. The highest BCUT2D eigenvalue weighted by atomic mass is 32.2. The molecule has 7 nitrogen and oxygen atoms in total. The lowest BCUT2D eigenvalue weighted by atomic mass is 9.81. The lowest BCUT2D eigenvalue weighted by Gasteiger charge is -2.39. The highest BCUT2D eigenvalue weighted by Gasteiger charge is 2.48. The van der Waals surface area contributed by atoms with E-state index >= 15 is 0 Å². The number of benzene rings is 3. The number of sulfonamides is 1. The summed E-state index contributed by atoms with van der Waals surface area (Å²) in [6, 6.07) is 26.9. The molecule has 3 aromatic carbocycles. The molecular weight excluding hydrogens is 643 g/mol. The molecule has 2 aliphatic rings. The number of halogens is 2. The molecule has 1 radical (unpaired) electrons. The van der Waals surface area contributed by atoms with Crippen molar-refractivity contribution >= 4 is 27.3 Å². The molecule has 1 fully saturated rings. The molecule has 2 heterocycles. The normalized spacial score (nSPS) is 16.9. The van der Waals surface area contributed by atoms with Gasteiger partial charge in [-0.05, 0) is 58.9 Å². The van der Waals surface area contributed by atoms with Crippen LogP contribution in [0.2, 0.25) is 0 Å². The maximum absolute atomic E-state index is 14.1. The molecule has 0 spiro atoms. The molecule has 2 N–H and O–H groups in total. The van der Waals surface area contributed by atoms with Crippen LogP contribution < -0.4 is 5.32 Å². The Morgan fingerprint density at radius 3 is 2.32 bits per heavy atom. The van der Waals surface area contributed by atoms with Gasteiger partial charge >= 0.3 is 0 Å². The number of carbonyl (C=O) groups excluding carboxylic acids is 1. The fourth-order valence-electron chi connectivity index (χ4n) is 6.28. The van der Waals surface area contributed by atoms with E-state index in [2.05, 4.69) is 5.32 Å². The average Bonchev–Trinajstić information content (AvgIpc) is 3.54. The molecule has 1 saturated carbocycles. The van der Waals surface area contributed by atoms with Crippen molar-refractivity contribution in [3.8, 4) is 0 Å². The molecule has 1 aromatic heterocycles. The largest absolute Gasteiger partial charge is 0.394 e. The van der Waals surface area contributed by atoms with E-state index in [0.717, 1.165) is 27.1 Å². The van der Waals surface area contributed by atoms with E-state index in [-0.39, 0.29) is 29.8 Å². The molecule has 47 heavy (non-hydrogen) atoms. The first-order valence-electron chi connectivity index (χ1n) is 15.6. The lowest BCUT2D eigenvalue weighted by Crippen LogP contribution is -2.46. The molecule has 1 aliphatic carbocycles. The zero-order valence-electron chi connectivity index (χ0n) is 25.7. The Morgan fingerprint density at radius 2 is 1.68 bits per heavy atom. The van der Waals surface area contributed by atoms with Crippen LogP contribution in [-0.4, -0.2) is 49.4 Å². The van der Waals surface area contributed by atoms with Crippen molar-refractivity contribution in [1.29, 1.82) is 0 Å². The van der Waals surface area contributed by atoms with Crippen LogP contribution in [-0.2, 0) is 39.1 Å². The number of nitrogens with one attached hydrogen (secondary N) is 1. The van der Waals surface area contributed by atoms with E-state index in [9.17, 15) is 27.1 Å². The van der Waals surface area contributed by atoms with Crippen molar-refractivity contribution in [1.82, 2.24) is 9.62 Å². The van der Waals surface area contributed by atoms with Crippen LogP contribution in [0.25, 0.3) is 0 Å². The maximum atomic E-state index is 14.1. The summed E-state index contributed by atoms with van der Waals surface area (Å²) in [5, 5.41) is 13.5. The number of amides is 1. The van der Waals surface area contributed by atoms with E-state index in [1.807, 2.05) is 60.7 Å². The van der Waals surface area contributed by atoms with Crippen LogP contribution in [0, 0.1) is 12.3 Å².